The molecule has 4 rings (SSSR count). The van der Waals surface area contributed by atoms with Crippen LogP contribution in [0.25, 0.3) is 16.9 Å². The molecule has 0 unspecified atom stereocenters. The molecule has 0 aromatic carbocycles. The molecule has 0 bridgehead atoms. The Morgan fingerprint density at radius 1 is 1.03 bits per heavy atom. The Labute approximate surface area is 175 Å². The highest BCUT2D eigenvalue weighted by Gasteiger charge is 2.24. The van der Waals surface area contributed by atoms with E-state index in [4.69, 9.17) is 10.7 Å². The number of nitrogens with one attached hydrogen (secondary N) is 1. The van der Waals surface area contributed by atoms with E-state index in [0.717, 1.165) is 28.4 Å². The summed E-state index contributed by atoms with van der Waals surface area (Å²) in [5.41, 5.74) is 8.17. The summed E-state index contributed by atoms with van der Waals surface area (Å²) in [6.07, 6.45) is 3.77. The van der Waals surface area contributed by atoms with Crippen molar-refractivity contribution in [3.05, 3.63) is 54.2 Å². The van der Waals surface area contributed by atoms with Crippen LogP contribution in [0.5, 0.6) is 0 Å². The molecule has 9 nitrogen and oxygen atoms in total. The zero-order chi connectivity index (χ0) is 21.5. The van der Waals surface area contributed by atoms with Crippen molar-refractivity contribution in [3.8, 4) is 11.4 Å². The third-order valence-electron chi connectivity index (χ3n) is 4.88. The Bertz CT molecular complexity index is 1210. The van der Waals surface area contributed by atoms with E-state index in [1.807, 2.05) is 86.9 Å². The zero-order valence-corrected chi connectivity index (χ0v) is 17.7. The third kappa shape index (κ3) is 3.73. The van der Waals surface area contributed by atoms with Gasteiger partial charge in [0.2, 0.25) is 11.9 Å². The first kappa shape index (κ1) is 19.6. The Balaban J connectivity index is 1.69. The average molecular weight is 403 g/mol. The number of nitrogen functional groups attached to an aromatic ring is 1. The van der Waals surface area contributed by atoms with E-state index in [2.05, 4.69) is 25.3 Å². The maximum absolute atomic E-state index is 6.00. The molecule has 0 fully saturated rings. The van der Waals surface area contributed by atoms with Crippen LogP contribution >= 0.6 is 0 Å². The molecule has 0 amide bonds. The van der Waals surface area contributed by atoms with Gasteiger partial charge in [-0.3, -0.25) is 0 Å². The van der Waals surface area contributed by atoms with Crippen molar-refractivity contribution in [1.82, 2.24) is 29.3 Å². The van der Waals surface area contributed by atoms with Gasteiger partial charge in [0.25, 0.3) is 0 Å². The lowest BCUT2D eigenvalue weighted by Gasteiger charge is -2.27. The number of nitrogens with two attached hydrogens (primary N) is 1. The van der Waals surface area contributed by atoms with Crippen LogP contribution < -0.4 is 16.0 Å². The Morgan fingerprint density at radius 2 is 1.83 bits per heavy atom. The number of anilines is 3. The van der Waals surface area contributed by atoms with Gasteiger partial charge < -0.3 is 20.4 Å². The summed E-state index contributed by atoms with van der Waals surface area (Å²) in [5, 5.41) is 3.35. The zero-order valence-electron chi connectivity index (χ0n) is 17.7. The number of pyridine rings is 2. The molecule has 0 radical (unpaired) electrons. The number of hydrogen-bond acceptors (Lipinski definition) is 8. The van der Waals surface area contributed by atoms with Crippen molar-refractivity contribution >= 4 is 23.2 Å². The van der Waals surface area contributed by atoms with Gasteiger partial charge in [0.05, 0.1) is 22.9 Å². The Hall–Kier alpha value is -3.75. The van der Waals surface area contributed by atoms with Gasteiger partial charge in [-0.1, -0.05) is 6.07 Å². The SMILES string of the molecule is Cc1ncc2ccc(-c3nc(N)nc(NC(C)(C)c4cccc(N(C)C)n4)n3)cn12. The van der Waals surface area contributed by atoms with Gasteiger partial charge >= 0.3 is 0 Å². The number of rotatable bonds is 5. The molecule has 0 saturated heterocycles. The predicted molar refractivity (Wildman–Crippen MR) is 118 cm³/mol. The Morgan fingerprint density at radius 3 is 2.60 bits per heavy atom. The molecular formula is C21H25N9. The number of imidazole rings is 1. The fourth-order valence-electron chi connectivity index (χ4n) is 3.19. The van der Waals surface area contributed by atoms with Gasteiger partial charge in [0, 0.05) is 25.9 Å². The first-order valence-corrected chi connectivity index (χ1v) is 9.61. The number of aromatic nitrogens is 6. The second-order valence-corrected chi connectivity index (χ2v) is 7.88. The minimum absolute atomic E-state index is 0.149. The van der Waals surface area contributed by atoms with Crippen LogP contribution in [0.3, 0.4) is 0 Å². The number of aryl methyl sites for hydroxylation is 1. The summed E-state index contributed by atoms with van der Waals surface area (Å²) in [6, 6.07) is 9.84. The van der Waals surface area contributed by atoms with Gasteiger partial charge in [-0.15, -0.1) is 0 Å². The van der Waals surface area contributed by atoms with Crippen LogP contribution in [0.15, 0.2) is 42.7 Å². The molecule has 4 aromatic rings. The molecule has 0 spiro atoms. The van der Waals surface area contributed by atoms with Crippen LogP contribution in [0.2, 0.25) is 0 Å². The Kier molecular flexibility index (Phi) is 4.73. The van der Waals surface area contributed by atoms with Gasteiger partial charge in [0.1, 0.15) is 11.6 Å². The minimum atomic E-state index is -0.526. The molecular weight excluding hydrogens is 378 g/mol. The summed E-state index contributed by atoms with van der Waals surface area (Å²) < 4.78 is 1.99. The fraction of sp³-hybridized carbons (Fsp3) is 0.286. The molecule has 0 aliphatic carbocycles. The van der Waals surface area contributed by atoms with Crippen LogP contribution in [0.4, 0.5) is 17.7 Å². The van der Waals surface area contributed by atoms with Gasteiger partial charge in [-0.05, 0) is 45.0 Å². The molecule has 30 heavy (non-hydrogen) atoms. The van der Waals surface area contributed by atoms with E-state index in [0.29, 0.717) is 11.8 Å². The van der Waals surface area contributed by atoms with E-state index >= 15 is 0 Å². The number of hydrogen-bond donors (Lipinski definition) is 2. The maximum atomic E-state index is 6.00. The summed E-state index contributed by atoms with van der Waals surface area (Å²) in [5.74, 6) is 2.80. The molecule has 0 aliphatic heterocycles. The number of nitrogens with zero attached hydrogens (tertiary/aromatic N) is 7. The van der Waals surface area contributed by atoms with Gasteiger partial charge in [-0.2, -0.15) is 15.0 Å². The lowest BCUT2D eigenvalue weighted by atomic mass is 10.00. The van der Waals surface area contributed by atoms with Crippen LogP contribution in [-0.4, -0.2) is 43.4 Å². The summed E-state index contributed by atoms with van der Waals surface area (Å²) >= 11 is 0. The lowest BCUT2D eigenvalue weighted by molar-refractivity contribution is 0.580. The molecule has 3 N–H and O–H groups in total. The van der Waals surface area contributed by atoms with Crippen molar-refractivity contribution in [2.24, 2.45) is 0 Å². The van der Waals surface area contributed by atoms with Crippen molar-refractivity contribution in [3.63, 3.8) is 0 Å². The molecule has 4 aromatic heterocycles. The van der Waals surface area contributed by atoms with E-state index in [-0.39, 0.29) is 5.95 Å². The smallest absolute Gasteiger partial charge is 0.228 e. The molecule has 0 saturated carbocycles. The lowest BCUT2D eigenvalue weighted by Crippen LogP contribution is -2.31. The largest absolute Gasteiger partial charge is 0.368 e. The minimum Gasteiger partial charge on any atom is -0.368 e. The van der Waals surface area contributed by atoms with E-state index < -0.39 is 5.54 Å². The van der Waals surface area contributed by atoms with Crippen LogP contribution in [0, 0.1) is 6.92 Å². The van der Waals surface area contributed by atoms with Gasteiger partial charge in [-0.25, -0.2) is 9.97 Å². The highest BCUT2D eigenvalue weighted by molar-refractivity contribution is 5.61. The third-order valence-corrected chi connectivity index (χ3v) is 4.88. The van der Waals surface area contributed by atoms with Gasteiger partial charge in [0.15, 0.2) is 5.82 Å². The van der Waals surface area contributed by atoms with Crippen LogP contribution in [-0.2, 0) is 5.54 Å². The normalized spacial score (nSPS) is 11.6. The average Bonchev–Trinajstić information content (AvgIpc) is 3.07. The monoisotopic (exact) mass is 403 g/mol. The summed E-state index contributed by atoms with van der Waals surface area (Å²) in [4.78, 5) is 24.2. The van der Waals surface area contributed by atoms with E-state index in [1.54, 1.807) is 0 Å². The first-order chi connectivity index (χ1) is 14.2. The second kappa shape index (κ2) is 7.25. The highest BCUT2D eigenvalue weighted by Crippen LogP contribution is 2.26. The standard InChI is InChI=1S/C21H25N9/c1-13-23-11-15-10-9-14(12-30(13)15)18-25-19(22)27-20(26-18)28-21(2,3)16-7-6-8-17(24-16)29(4)5/h6-12H,1-5H3,(H3,22,25,26,27,28). The van der Waals surface area contributed by atoms with E-state index in [9.17, 15) is 0 Å². The van der Waals surface area contributed by atoms with Crippen molar-refractivity contribution in [1.29, 1.82) is 0 Å². The maximum Gasteiger partial charge on any atom is 0.228 e. The quantitative estimate of drug-likeness (QED) is 0.523. The van der Waals surface area contributed by atoms with Crippen molar-refractivity contribution in [2.45, 2.75) is 26.3 Å². The second-order valence-electron chi connectivity index (χ2n) is 7.88. The fourth-order valence-corrected chi connectivity index (χ4v) is 3.19. The molecule has 0 aliphatic rings. The summed E-state index contributed by atoms with van der Waals surface area (Å²) in [7, 11) is 3.93. The molecule has 4 heterocycles. The molecule has 9 heteroatoms. The topological polar surface area (TPSA) is 110 Å². The predicted octanol–water partition coefficient (Wildman–Crippen LogP) is 2.89. The number of fused-ring (bicyclic) bond motifs is 1. The summed E-state index contributed by atoms with van der Waals surface area (Å²) in [6.45, 7) is 5.99. The van der Waals surface area contributed by atoms with E-state index in [1.165, 1.54) is 0 Å². The highest BCUT2D eigenvalue weighted by atomic mass is 15.2. The van der Waals surface area contributed by atoms with Crippen LogP contribution in [0.1, 0.15) is 25.4 Å². The van der Waals surface area contributed by atoms with Crippen molar-refractivity contribution in [2.75, 3.05) is 30.0 Å². The molecule has 0 atom stereocenters. The molecule has 154 valence electrons. The van der Waals surface area contributed by atoms with Crippen molar-refractivity contribution < 1.29 is 0 Å². The first-order valence-electron chi connectivity index (χ1n) is 9.61.